The summed E-state index contributed by atoms with van der Waals surface area (Å²) >= 11 is 5.81. The van der Waals surface area contributed by atoms with Crippen LogP contribution in [-0.2, 0) is 13.6 Å². The van der Waals surface area contributed by atoms with Gasteiger partial charge in [0.05, 0.1) is 17.4 Å². The third-order valence-electron chi connectivity index (χ3n) is 3.26. The van der Waals surface area contributed by atoms with E-state index in [0.29, 0.717) is 17.3 Å². The summed E-state index contributed by atoms with van der Waals surface area (Å²) in [6.45, 7) is 0.377. The van der Waals surface area contributed by atoms with Gasteiger partial charge in [-0.15, -0.1) is 0 Å². The molecule has 3 rings (SSSR count). The minimum atomic E-state index is -0.509. The first-order valence-electron chi connectivity index (χ1n) is 6.73. The van der Waals surface area contributed by atoms with Gasteiger partial charge in [-0.25, -0.2) is 9.78 Å². The molecule has 0 aliphatic heterocycles. The Labute approximate surface area is 132 Å². The van der Waals surface area contributed by atoms with Crippen LogP contribution in [-0.4, -0.2) is 15.6 Å². The summed E-state index contributed by atoms with van der Waals surface area (Å²) in [7, 11) is 1.91. The number of hydrogen-bond acceptors (Lipinski definition) is 3. The van der Waals surface area contributed by atoms with Gasteiger partial charge in [-0.2, -0.15) is 0 Å². The van der Waals surface area contributed by atoms with Crippen molar-refractivity contribution < 1.29 is 9.53 Å². The van der Waals surface area contributed by atoms with Crippen molar-refractivity contribution in [1.29, 1.82) is 0 Å². The summed E-state index contributed by atoms with van der Waals surface area (Å²) in [6, 6.07) is 12.6. The zero-order chi connectivity index (χ0) is 15.5. The molecule has 6 heteroatoms. The number of carbonyl (C=O) groups is 1. The number of halogens is 1. The average Bonchev–Trinajstić information content (AvgIpc) is 2.88. The number of amides is 1. The predicted octanol–water partition coefficient (Wildman–Crippen LogP) is 3.52. The summed E-state index contributed by atoms with van der Waals surface area (Å²) in [6.07, 6.45) is 1.21. The predicted molar refractivity (Wildman–Crippen MR) is 85.0 cm³/mol. The monoisotopic (exact) mass is 315 g/mol. The number of nitrogens with zero attached hydrogens (tertiary/aromatic N) is 2. The van der Waals surface area contributed by atoms with E-state index in [-0.39, 0.29) is 0 Å². The Morgan fingerprint density at radius 3 is 2.82 bits per heavy atom. The van der Waals surface area contributed by atoms with Gasteiger partial charge in [-0.1, -0.05) is 23.7 Å². The number of benzene rings is 2. The fourth-order valence-corrected chi connectivity index (χ4v) is 2.22. The van der Waals surface area contributed by atoms with E-state index in [9.17, 15) is 4.79 Å². The fraction of sp³-hybridized carbons (Fsp3) is 0.125. The van der Waals surface area contributed by atoms with E-state index < -0.39 is 6.09 Å². The van der Waals surface area contributed by atoms with Crippen LogP contribution in [0.25, 0.3) is 11.0 Å². The Hall–Kier alpha value is -2.53. The molecule has 0 spiro atoms. The van der Waals surface area contributed by atoms with Crippen LogP contribution >= 0.6 is 11.6 Å². The van der Waals surface area contributed by atoms with E-state index in [0.717, 1.165) is 16.6 Å². The quantitative estimate of drug-likeness (QED) is 0.804. The van der Waals surface area contributed by atoms with Crippen LogP contribution in [0.5, 0.6) is 5.75 Å². The number of carbonyl (C=O) groups excluding carboxylic acids is 1. The summed E-state index contributed by atoms with van der Waals surface area (Å²) in [5, 5.41) is 3.35. The highest BCUT2D eigenvalue weighted by atomic mass is 35.5. The molecule has 0 bridgehead atoms. The summed E-state index contributed by atoms with van der Waals surface area (Å²) in [5.41, 5.74) is 2.71. The molecule has 0 saturated heterocycles. The zero-order valence-electron chi connectivity index (χ0n) is 11.9. The molecule has 0 aliphatic rings. The molecule has 1 amide bonds. The van der Waals surface area contributed by atoms with Gasteiger partial charge in [0.25, 0.3) is 0 Å². The second kappa shape index (κ2) is 6.07. The lowest BCUT2D eigenvalue weighted by atomic mass is 10.2. The average molecular weight is 316 g/mol. The maximum absolute atomic E-state index is 11.8. The van der Waals surface area contributed by atoms with Gasteiger partial charge in [0.2, 0.25) is 0 Å². The SMILES string of the molecule is Cn1cnc2cc(OC(=O)NCc3ccc(Cl)cc3)ccc21. The molecule has 0 saturated carbocycles. The molecule has 0 aliphatic carbocycles. The van der Waals surface area contributed by atoms with Crippen LogP contribution in [0.1, 0.15) is 5.56 Å². The van der Waals surface area contributed by atoms with Crippen molar-refractivity contribution in [3.63, 3.8) is 0 Å². The zero-order valence-corrected chi connectivity index (χ0v) is 12.7. The maximum atomic E-state index is 11.8. The third kappa shape index (κ3) is 3.20. The normalized spacial score (nSPS) is 10.6. The van der Waals surface area contributed by atoms with Crippen LogP contribution in [0.3, 0.4) is 0 Å². The van der Waals surface area contributed by atoms with Gasteiger partial charge in [0.1, 0.15) is 5.75 Å². The van der Waals surface area contributed by atoms with Gasteiger partial charge in [0.15, 0.2) is 0 Å². The number of aromatic nitrogens is 2. The minimum Gasteiger partial charge on any atom is -0.410 e. The molecule has 3 aromatic rings. The van der Waals surface area contributed by atoms with E-state index in [1.165, 1.54) is 0 Å². The molecule has 0 atom stereocenters. The summed E-state index contributed by atoms with van der Waals surface area (Å²) < 4.78 is 7.15. The molecule has 0 unspecified atom stereocenters. The number of aryl methyl sites for hydroxylation is 1. The van der Waals surface area contributed by atoms with Gasteiger partial charge in [-0.05, 0) is 29.8 Å². The highest BCUT2D eigenvalue weighted by Crippen LogP contribution is 2.19. The first-order chi connectivity index (χ1) is 10.6. The molecule has 2 aromatic carbocycles. The number of fused-ring (bicyclic) bond motifs is 1. The van der Waals surface area contributed by atoms with Crippen molar-refractivity contribution in [3.8, 4) is 5.75 Å². The lowest BCUT2D eigenvalue weighted by Crippen LogP contribution is -2.26. The Morgan fingerprint density at radius 1 is 1.27 bits per heavy atom. The number of rotatable bonds is 3. The first-order valence-corrected chi connectivity index (χ1v) is 7.11. The second-order valence-electron chi connectivity index (χ2n) is 4.88. The van der Waals surface area contributed by atoms with Crippen LogP contribution < -0.4 is 10.1 Å². The summed E-state index contributed by atoms with van der Waals surface area (Å²) in [5.74, 6) is 0.458. The number of hydrogen-bond donors (Lipinski definition) is 1. The molecule has 112 valence electrons. The van der Waals surface area contributed by atoms with E-state index in [4.69, 9.17) is 16.3 Å². The van der Waals surface area contributed by atoms with Gasteiger partial charge in [0, 0.05) is 24.7 Å². The molecule has 0 radical (unpaired) electrons. The van der Waals surface area contributed by atoms with E-state index >= 15 is 0 Å². The number of nitrogens with one attached hydrogen (secondary N) is 1. The molecular weight excluding hydrogens is 302 g/mol. The Kier molecular flexibility index (Phi) is 3.98. The maximum Gasteiger partial charge on any atom is 0.412 e. The minimum absolute atomic E-state index is 0.377. The summed E-state index contributed by atoms with van der Waals surface area (Å²) in [4.78, 5) is 16.0. The van der Waals surface area contributed by atoms with E-state index in [2.05, 4.69) is 10.3 Å². The van der Waals surface area contributed by atoms with Crippen molar-refractivity contribution in [1.82, 2.24) is 14.9 Å². The van der Waals surface area contributed by atoms with E-state index in [1.54, 1.807) is 30.6 Å². The molecular formula is C16H14ClN3O2. The first kappa shape index (κ1) is 14.4. The van der Waals surface area contributed by atoms with Gasteiger partial charge in [-0.3, -0.25) is 0 Å². The third-order valence-corrected chi connectivity index (χ3v) is 3.51. The van der Waals surface area contributed by atoms with Crippen molar-refractivity contribution in [3.05, 3.63) is 59.4 Å². The standard InChI is InChI=1S/C16H14ClN3O2/c1-20-10-19-14-8-13(6-7-15(14)20)22-16(21)18-9-11-2-4-12(17)5-3-11/h2-8,10H,9H2,1H3,(H,18,21). The molecule has 0 fully saturated rings. The molecule has 22 heavy (non-hydrogen) atoms. The Morgan fingerprint density at radius 2 is 2.05 bits per heavy atom. The molecule has 1 aromatic heterocycles. The lowest BCUT2D eigenvalue weighted by molar-refractivity contribution is 0.200. The van der Waals surface area contributed by atoms with Crippen molar-refractivity contribution in [2.45, 2.75) is 6.54 Å². The van der Waals surface area contributed by atoms with Crippen LogP contribution in [0.15, 0.2) is 48.8 Å². The van der Waals surface area contributed by atoms with Gasteiger partial charge >= 0.3 is 6.09 Å². The van der Waals surface area contributed by atoms with Crippen molar-refractivity contribution >= 4 is 28.7 Å². The van der Waals surface area contributed by atoms with Crippen LogP contribution in [0.4, 0.5) is 4.79 Å². The smallest absolute Gasteiger partial charge is 0.410 e. The Bertz CT molecular complexity index is 812. The Balaban J connectivity index is 1.61. The lowest BCUT2D eigenvalue weighted by Gasteiger charge is -2.07. The fourth-order valence-electron chi connectivity index (χ4n) is 2.10. The van der Waals surface area contributed by atoms with Crippen molar-refractivity contribution in [2.75, 3.05) is 0 Å². The largest absolute Gasteiger partial charge is 0.412 e. The van der Waals surface area contributed by atoms with Crippen molar-refractivity contribution in [2.24, 2.45) is 7.05 Å². The molecule has 1 heterocycles. The number of ether oxygens (including phenoxy) is 1. The highest BCUT2D eigenvalue weighted by molar-refractivity contribution is 6.30. The van der Waals surface area contributed by atoms with Gasteiger partial charge < -0.3 is 14.6 Å². The van der Waals surface area contributed by atoms with E-state index in [1.807, 2.05) is 29.8 Å². The molecule has 1 N–H and O–H groups in total. The molecule has 5 nitrogen and oxygen atoms in total. The second-order valence-corrected chi connectivity index (χ2v) is 5.31. The highest BCUT2D eigenvalue weighted by Gasteiger charge is 2.07. The van der Waals surface area contributed by atoms with Crippen LogP contribution in [0, 0.1) is 0 Å². The number of imidazole rings is 1. The topological polar surface area (TPSA) is 56.2 Å². The van der Waals surface area contributed by atoms with Crippen LogP contribution in [0.2, 0.25) is 5.02 Å².